The highest BCUT2D eigenvalue weighted by molar-refractivity contribution is 5.73. The van der Waals surface area contributed by atoms with E-state index in [0.717, 1.165) is 32.4 Å². The van der Waals surface area contributed by atoms with Gasteiger partial charge in [0.2, 0.25) is 5.91 Å². The first kappa shape index (κ1) is 14.1. The molecular formula is C16H24N2O. The van der Waals surface area contributed by atoms with Crippen LogP contribution in [0.4, 0.5) is 0 Å². The number of hydrogen-bond donors (Lipinski definition) is 1. The second-order valence-corrected chi connectivity index (χ2v) is 5.44. The minimum atomic E-state index is 0.0939. The van der Waals surface area contributed by atoms with E-state index < -0.39 is 0 Å². The number of benzene rings is 1. The summed E-state index contributed by atoms with van der Waals surface area (Å²) in [6.45, 7) is 5.93. The zero-order valence-electron chi connectivity index (χ0n) is 11.9. The Morgan fingerprint density at radius 2 is 2.11 bits per heavy atom. The Bertz CT molecular complexity index is 404. The number of hydrogen-bond acceptors (Lipinski definition) is 2. The Morgan fingerprint density at radius 1 is 1.37 bits per heavy atom. The van der Waals surface area contributed by atoms with Crippen LogP contribution >= 0.6 is 0 Å². The first-order chi connectivity index (χ1) is 9.19. The van der Waals surface area contributed by atoms with E-state index in [2.05, 4.69) is 47.5 Å². The second kappa shape index (κ2) is 6.71. The largest absolute Gasteiger partial charge is 0.354 e. The number of rotatable bonds is 4. The van der Waals surface area contributed by atoms with Crippen LogP contribution < -0.4 is 5.32 Å². The predicted octanol–water partition coefficient (Wildman–Crippen LogP) is 2.57. The van der Waals surface area contributed by atoms with Gasteiger partial charge in [0, 0.05) is 32.1 Å². The minimum Gasteiger partial charge on any atom is -0.354 e. The van der Waals surface area contributed by atoms with E-state index in [0.29, 0.717) is 12.1 Å². The van der Waals surface area contributed by atoms with Crippen LogP contribution in [0.1, 0.15) is 38.7 Å². The first-order valence-corrected chi connectivity index (χ1v) is 7.24. The van der Waals surface area contributed by atoms with Gasteiger partial charge < -0.3 is 5.32 Å². The molecule has 0 bridgehead atoms. The van der Waals surface area contributed by atoms with Gasteiger partial charge in [-0.2, -0.15) is 0 Å². The van der Waals surface area contributed by atoms with Crippen LogP contribution in [0, 0.1) is 0 Å². The molecule has 1 fully saturated rings. The molecule has 0 radical (unpaired) electrons. The molecular weight excluding hydrogens is 236 g/mol. The van der Waals surface area contributed by atoms with Crippen LogP contribution in [0.3, 0.4) is 0 Å². The molecule has 3 heteroatoms. The van der Waals surface area contributed by atoms with E-state index in [9.17, 15) is 4.79 Å². The van der Waals surface area contributed by atoms with Crippen LogP contribution in [-0.2, 0) is 11.3 Å². The van der Waals surface area contributed by atoms with E-state index in [4.69, 9.17) is 0 Å². The average Bonchev–Trinajstić information content (AvgIpc) is 2.41. The summed E-state index contributed by atoms with van der Waals surface area (Å²) in [4.78, 5) is 13.7. The average molecular weight is 260 g/mol. The van der Waals surface area contributed by atoms with E-state index in [-0.39, 0.29) is 5.91 Å². The van der Waals surface area contributed by atoms with Crippen molar-refractivity contribution >= 4 is 5.91 Å². The highest BCUT2D eigenvalue weighted by atomic mass is 16.1. The number of nitrogens with zero attached hydrogens (tertiary/aromatic N) is 1. The molecule has 1 saturated heterocycles. The zero-order valence-corrected chi connectivity index (χ0v) is 11.9. The lowest BCUT2D eigenvalue weighted by molar-refractivity contribution is -0.120. The number of nitrogens with one attached hydrogen (secondary N) is 1. The quantitative estimate of drug-likeness (QED) is 0.902. The number of carbonyl (C=O) groups is 1. The Hall–Kier alpha value is -1.35. The van der Waals surface area contributed by atoms with Crippen molar-refractivity contribution in [2.75, 3.05) is 6.54 Å². The molecule has 1 aromatic rings. The molecule has 2 atom stereocenters. The minimum absolute atomic E-state index is 0.0939. The number of piperidine rings is 1. The van der Waals surface area contributed by atoms with Crippen molar-refractivity contribution in [3.8, 4) is 0 Å². The number of amides is 1. The normalized spacial score (nSPS) is 24.1. The zero-order chi connectivity index (χ0) is 13.7. The summed E-state index contributed by atoms with van der Waals surface area (Å²) in [5.74, 6) is 0.0939. The SMILES string of the molecule is CCC1CC(NC(C)=O)CCN1Cc1ccccc1. The fraction of sp³-hybridized carbons (Fsp3) is 0.562. The third-order valence-corrected chi connectivity index (χ3v) is 3.94. The fourth-order valence-electron chi connectivity index (χ4n) is 2.97. The first-order valence-electron chi connectivity index (χ1n) is 7.24. The molecule has 0 aromatic heterocycles. The van der Waals surface area contributed by atoms with Gasteiger partial charge in [0.15, 0.2) is 0 Å². The van der Waals surface area contributed by atoms with Crippen molar-refractivity contribution in [3.05, 3.63) is 35.9 Å². The molecule has 0 aliphatic carbocycles. The molecule has 1 aromatic carbocycles. The van der Waals surface area contributed by atoms with Crippen molar-refractivity contribution in [3.63, 3.8) is 0 Å². The van der Waals surface area contributed by atoms with Crippen molar-refractivity contribution in [1.82, 2.24) is 10.2 Å². The van der Waals surface area contributed by atoms with E-state index in [1.165, 1.54) is 5.56 Å². The molecule has 3 nitrogen and oxygen atoms in total. The molecule has 2 rings (SSSR count). The van der Waals surface area contributed by atoms with Crippen molar-refractivity contribution in [2.24, 2.45) is 0 Å². The molecule has 19 heavy (non-hydrogen) atoms. The maximum atomic E-state index is 11.2. The van der Waals surface area contributed by atoms with Gasteiger partial charge >= 0.3 is 0 Å². The lowest BCUT2D eigenvalue weighted by Gasteiger charge is -2.39. The van der Waals surface area contributed by atoms with E-state index in [1.54, 1.807) is 6.92 Å². The standard InChI is InChI=1S/C16H24N2O/c1-3-16-11-15(17-13(2)19)9-10-18(16)12-14-7-5-4-6-8-14/h4-8,15-16H,3,9-12H2,1-2H3,(H,17,19). The van der Waals surface area contributed by atoms with Crippen LogP contribution in [0.2, 0.25) is 0 Å². The summed E-state index contributed by atoms with van der Waals surface area (Å²) < 4.78 is 0. The third-order valence-electron chi connectivity index (χ3n) is 3.94. The predicted molar refractivity (Wildman–Crippen MR) is 77.8 cm³/mol. The van der Waals surface area contributed by atoms with Crippen LogP contribution in [-0.4, -0.2) is 29.4 Å². The molecule has 0 spiro atoms. The highest BCUT2D eigenvalue weighted by Crippen LogP contribution is 2.22. The van der Waals surface area contributed by atoms with Crippen molar-refractivity contribution in [2.45, 2.75) is 51.7 Å². The Balaban J connectivity index is 1.93. The van der Waals surface area contributed by atoms with Gasteiger partial charge in [0.25, 0.3) is 0 Å². The van der Waals surface area contributed by atoms with Gasteiger partial charge in [-0.25, -0.2) is 0 Å². The molecule has 1 amide bonds. The molecule has 1 aliphatic heterocycles. The summed E-state index contributed by atoms with van der Waals surface area (Å²) in [6.07, 6.45) is 3.27. The van der Waals surface area contributed by atoms with Crippen LogP contribution in [0.25, 0.3) is 0 Å². The smallest absolute Gasteiger partial charge is 0.217 e. The molecule has 0 saturated carbocycles. The van der Waals surface area contributed by atoms with E-state index in [1.807, 2.05) is 0 Å². The highest BCUT2D eigenvalue weighted by Gasteiger charge is 2.27. The van der Waals surface area contributed by atoms with Gasteiger partial charge in [-0.05, 0) is 24.8 Å². The summed E-state index contributed by atoms with van der Waals surface area (Å²) >= 11 is 0. The van der Waals surface area contributed by atoms with Gasteiger partial charge in [-0.1, -0.05) is 37.3 Å². The number of carbonyl (C=O) groups excluding carboxylic acids is 1. The Labute approximate surface area is 116 Å². The van der Waals surface area contributed by atoms with Crippen LogP contribution in [0.15, 0.2) is 30.3 Å². The van der Waals surface area contributed by atoms with Crippen molar-refractivity contribution < 1.29 is 4.79 Å². The molecule has 1 heterocycles. The monoisotopic (exact) mass is 260 g/mol. The molecule has 104 valence electrons. The lowest BCUT2D eigenvalue weighted by atomic mass is 9.94. The fourth-order valence-corrected chi connectivity index (χ4v) is 2.97. The summed E-state index contributed by atoms with van der Waals surface area (Å²) in [5, 5.41) is 3.06. The van der Waals surface area contributed by atoms with Crippen LogP contribution in [0.5, 0.6) is 0 Å². The molecule has 2 unspecified atom stereocenters. The lowest BCUT2D eigenvalue weighted by Crippen LogP contribution is -2.48. The number of likely N-dealkylation sites (tertiary alicyclic amines) is 1. The molecule has 1 N–H and O–H groups in total. The van der Waals surface area contributed by atoms with E-state index >= 15 is 0 Å². The summed E-state index contributed by atoms with van der Waals surface area (Å²) in [5.41, 5.74) is 1.37. The maximum absolute atomic E-state index is 11.2. The summed E-state index contributed by atoms with van der Waals surface area (Å²) in [6, 6.07) is 11.6. The van der Waals surface area contributed by atoms with Gasteiger partial charge in [-0.3, -0.25) is 9.69 Å². The topological polar surface area (TPSA) is 32.3 Å². The maximum Gasteiger partial charge on any atom is 0.217 e. The Morgan fingerprint density at radius 3 is 2.74 bits per heavy atom. The second-order valence-electron chi connectivity index (χ2n) is 5.44. The summed E-state index contributed by atoms with van der Waals surface area (Å²) in [7, 11) is 0. The molecule has 1 aliphatic rings. The van der Waals surface area contributed by atoms with Gasteiger partial charge in [-0.15, -0.1) is 0 Å². The van der Waals surface area contributed by atoms with Gasteiger partial charge in [0.05, 0.1) is 0 Å². The Kier molecular flexibility index (Phi) is 4.97. The third kappa shape index (κ3) is 4.06. The van der Waals surface area contributed by atoms with Gasteiger partial charge in [0.1, 0.15) is 0 Å². The van der Waals surface area contributed by atoms with Crippen molar-refractivity contribution in [1.29, 1.82) is 0 Å².